The summed E-state index contributed by atoms with van der Waals surface area (Å²) in [5.41, 5.74) is 9.02. The predicted molar refractivity (Wildman–Crippen MR) is 86.6 cm³/mol. The maximum absolute atomic E-state index is 6.03. The minimum absolute atomic E-state index is 0.101. The van der Waals surface area contributed by atoms with Crippen molar-refractivity contribution in [2.75, 3.05) is 5.75 Å². The molecule has 1 aliphatic carbocycles. The first-order chi connectivity index (χ1) is 8.90. The Morgan fingerprint density at radius 3 is 2.89 bits per heavy atom. The van der Waals surface area contributed by atoms with Crippen LogP contribution in [-0.2, 0) is 12.0 Å². The van der Waals surface area contributed by atoms with E-state index in [0.717, 1.165) is 34.7 Å². The van der Waals surface area contributed by atoms with Crippen LogP contribution in [0.15, 0.2) is 27.7 Å². The normalized spacial score (nSPS) is 28.9. The molecule has 3 rings (SSSR count). The highest BCUT2D eigenvalue weighted by atomic mass is 79.9. The van der Waals surface area contributed by atoms with E-state index < -0.39 is 0 Å². The predicted octanol–water partition coefficient (Wildman–Crippen LogP) is 4.07. The van der Waals surface area contributed by atoms with Gasteiger partial charge in [0.2, 0.25) is 0 Å². The van der Waals surface area contributed by atoms with Crippen molar-refractivity contribution in [3.05, 3.63) is 33.8 Å². The molecule has 0 fully saturated rings. The second-order valence-corrected chi connectivity index (χ2v) is 8.43. The van der Waals surface area contributed by atoms with Crippen LogP contribution in [0.1, 0.15) is 37.8 Å². The van der Waals surface area contributed by atoms with Gasteiger partial charge in [-0.3, -0.25) is 4.99 Å². The van der Waals surface area contributed by atoms with Crippen molar-refractivity contribution in [1.82, 2.24) is 0 Å². The number of rotatable bonds is 0. The molecule has 2 nitrogen and oxygen atoms in total. The summed E-state index contributed by atoms with van der Waals surface area (Å²) >= 11 is 5.28. The van der Waals surface area contributed by atoms with Crippen molar-refractivity contribution in [2.24, 2.45) is 16.1 Å². The number of nitrogens with zero attached hydrogens (tertiary/aromatic N) is 1. The fraction of sp³-hybridized carbons (Fsp3) is 0.533. The first kappa shape index (κ1) is 13.5. The third-order valence-electron chi connectivity index (χ3n) is 4.10. The van der Waals surface area contributed by atoms with Crippen LogP contribution >= 0.6 is 27.7 Å². The molecule has 1 unspecified atom stereocenters. The molecule has 1 aromatic carbocycles. The van der Waals surface area contributed by atoms with E-state index in [1.165, 1.54) is 11.1 Å². The molecule has 2 N–H and O–H groups in total. The third-order valence-corrected chi connectivity index (χ3v) is 5.39. The molecule has 0 saturated heterocycles. The van der Waals surface area contributed by atoms with Gasteiger partial charge >= 0.3 is 0 Å². The maximum atomic E-state index is 6.03. The quantitative estimate of drug-likeness (QED) is 0.774. The average Bonchev–Trinajstić information content (AvgIpc) is 2.29. The minimum atomic E-state index is -0.101. The van der Waals surface area contributed by atoms with E-state index in [1.54, 1.807) is 11.8 Å². The van der Waals surface area contributed by atoms with Gasteiger partial charge in [-0.25, -0.2) is 0 Å². The average molecular weight is 339 g/mol. The van der Waals surface area contributed by atoms with Gasteiger partial charge in [0.15, 0.2) is 5.17 Å². The van der Waals surface area contributed by atoms with Crippen LogP contribution in [0.25, 0.3) is 0 Å². The molecule has 4 heteroatoms. The molecule has 1 atom stereocenters. The zero-order valence-corrected chi connectivity index (χ0v) is 13.8. The van der Waals surface area contributed by atoms with Crippen LogP contribution in [0.3, 0.4) is 0 Å². The zero-order valence-electron chi connectivity index (χ0n) is 11.4. The lowest BCUT2D eigenvalue weighted by Gasteiger charge is -2.45. The van der Waals surface area contributed by atoms with Gasteiger partial charge < -0.3 is 5.73 Å². The van der Waals surface area contributed by atoms with Crippen LogP contribution < -0.4 is 5.73 Å². The van der Waals surface area contributed by atoms with Crippen molar-refractivity contribution in [3.8, 4) is 0 Å². The Morgan fingerprint density at radius 2 is 2.16 bits per heavy atom. The second-order valence-electron chi connectivity index (χ2n) is 6.40. The molecule has 0 aromatic heterocycles. The molecular formula is C15H19BrN2S. The van der Waals surface area contributed by atoms with Crippen LogP contribution in [0.4, 0.5) is 0 Å². The van der Waals surface area contributed by atoms with E-state index in [-0.39, 0.29) is 11.0 Å². The molecule has 102 valence electrons. The molecule has 0 amide bonds. The largest absolute Gasteiger partial charge is 0.379 e. The summed E-state index contributed by atoms with van der Waals surface area (Å²) in [6, 6.07) is 6.63. The molecule has 0 bridgehead atoms. The van der Waals surface area contributed by atoms with E-state index in [9.17, 15) is 0 Å². The minimum Gasteiger partial charge on any atom is -0.379 e. The number of fused-ring (bicyclic) bond motifs is 2. The topological polar surface area (TPSA) is 38.4 Å². The van der Waals surface area contributed by atoms with Gasteiger partial charge in [0.05, 0.1) is 5.54 Å². The molecule has 1 heterocycles. The Labute approximate surface area is 127 Å². The van der Waals surface area contributed by atoms with Gasteiger partial charge in [-0.15, -0.1) is 0 Å². The van der Waals surface area contributed by atoms with Crippen molar-refractivity contribution in [2.45, 2.75) is 38.6 Å². The van der Waals surface area contributed by atoms with E-state index >= 15 is 0 Å². The smallest absolute Gasteiger partial charge is 0.154 e. The zero-order chi connectivity index (χ0) is 13.7. The number of amidine groups is 1. The summed E-state index contributed by atoms with van der Waals surface area (Å²) in [5.74, 6) is 1.07. The van der Waals surface area contributed by atoms with Gasteiger partial charge in [0, 0.05) is 10.2 Å². The summed E-state index contributed by atoms with van der Waals surface area (Å²) < 4.78 is 1.14. The number of benzene rings is 1. The monoisotopic (exact) mass is 338 g/mol. The highest BCUT2D eigenvalue weighted by molar-refractivity contribution is 9.10. The summed E-state index contributed by atoms with van der Waals surface area (Å²) in [6.07, 6.45) is 3.30. The molecule has 1 aliphatic heterocycles. The van der Waals surface area contributed by atoms with Crippen LogP contribution in [0, 0.1) is 5.41 Å². The van der Waals surface area contributed by atoms with E-state index in [0.29, 0.717) is 0 Å². The summed E-state index contributed by atoms with van der Waals surface area (Å²) in [6.45, 7) is 4.68. The van der Waals surface area contributed by atoms with Crippen LogP contribution in [-0.4, -0.2) is 10.9 Å². The molecule has 19 heavy (non-hydrogen) atoms. The van der Waals surface area contributed by atoms with Crippen molar-refractivity contribution in [3.63, 3.8) is 0 Å². The lowest BCUT2D eigenvalue weighted by atomic mass is 9.64. The lowest BCUT2D eigenvalue weighted by molar-refractivity contribution is 0.205. The summed E-state index contributed by atoms with van der Waals surface area (Å²) in [7, 11) is 0. The van der Waals surface area contributed by atoms with Gasteiger partial charge in [0.25, 0.3) is 0 Å². The fourth-order valence-corrected chi connectivity index (χ4v) is 4.80. The van der Waals surface area contributed by atoms with E-state index in [2.05, 4.69) is 48.0 Å². The van der Waals surface area contributed by atoms with Crippen LogP contribution in [0.5, 0.6) is 0 Å². The molecule has 0 radical (unpaired) electrons. The number of hydrogen-bond donors (Lipinski definition) is 1. The molecule has 1 aromatic rings. The SMILES string of the molecule is CC1(C)Cc2ccc(Br)cc2C2(CCSC(N)=N2)C1. The summed E-state index contributed by atoms with van der Waals surface area (Å²) in [4.78, 5) is 4.89. The van der Waals surface area contributed by atoms with E-state index in [4.69, 9.17) is 10.7 Å². The molecule has 1 spiro atoms. The van der Waals surface area contributed by atoms with Gasteiger partial charge in [-0.2, -0.15) is 0 Å². The Kier molecular flexibility index (Phi) is 3.21. The first-order valence-electron chi connectivity index (χ1n) is 6.67. The van der Waals surface area contributed by atoms with Crippen molar-refractivity contribution < 1.29 is 0 Å². The Bertz CT molecular complexity index is 553. The molecule has 0 saturated carbocycles. The number of thioether (sulfide) groups is 1. The van der Waals surface area contributed by atoms with Crippen molar-refractivity contribution >= 4 is 32.9 Å². The number of aliphatic imine (C=N–C) groups is 1. The highest BCUT2D eigenvalue weighted by Crippen LogP contribution is 2.51. The fourth-order valence-electron chi connectivity index (χ4n) is 3.55. The highest BCUT2D eigenvalue weighted by Gasteiger charge is 2.44. The number of nitrogens with two attached hydrogens (primary N) is 1. The van der Waals surface area contributed by atoms with Crippen LogP contribution in [0.2, 0.25) is 0 Å². The Balaban J connectivity index is 2.20. The molecular weight excluding hydrogens is 320 g/mol. The maximum Gasteiger partial charge on any atom is 0.154 e. The molecule has 2 aliphatic rings. The Morgan fingerprint density at radius 1 is 1.37 bits per heavy atom. The third kappa shape index (κ3) is 2.45. The van der Waals surface area contributed by atoms with Gasteiger partial charge in [-0.05, 0) is 47.9 Å². The Hall–Kier alpha value is -0.480. The van der Waals surface area contributed by atoms with Gasteiger partial charge in [0.1, 0.15) is 0 Å². The first-order valence-corrected chi connectivity index (χ1v) is 8.45. The summed E-state index contributed by atoms with van der Waals surface area (Å²) in [5, 5.41) is 0.745. The van der Waals surface area contributed by atoms with Gasteiger partial charge in [-0.1, -0.05) is 47.6 Å². The number of halogens is 1. The standard InChI is InChI=1S/C15H19BrN2S/c1-14(2)8-10-3-4-11(16)7-12(10)15(9-14)5-6-19-13(17)18-15/h3-4,7H,5-6,8-9H2,1-2H3,(H2,17,18). The van der Waals surface area contributed by atoms with E-state index in [1.807, 2.05) is 0 Å². The lowest BCUT2D eigenvalue weighted by Crippen LogP contribution is -2.41. The second kappa shape index (κ2) is 4.52. The van der Waals surface area contributed by atoms with Crippen molar-refractivity contribution in [1.29, 1.82) is 0 Å². The number of hydrogen-bond acceptors (Lipinski definition) is 3.